The van der Waals surface area contributed by atoms with Crippen LogP contribution >= 0.6 is 15.9 Å². The summed E-state index contributed by atoms with van der Waals surface area (Å²) >= 11 is 3.33. The molecule has 0 saturated carbocycles. The fourth-order valence-electron chi connectivity index (χ4n) is 2.97. The number of carbonyl (C=O) groups excluding carboxylic acids is 1. The van der Waals surface area contributed by atoms with Crippen LogP contribution in [0, 0.1) is 0 Å². The van der Waals surface area contributed by atoms with E-state index in [2.05, 4.69) is 21.2 Å². The number of benzene rings is 2. The summed E-state index contributed by atoms with van der Waals surface area (Å²) in [6, 6.07) is 13.4. The summed E-state index contributed by atoms with van der Waals surface area (Å²) in [7, 11) is -3.54. The molecule has 1 saturated heterocycles. The van der Waals surface area contributed by atoms with Gasteiger partial charge < -0.3 is 5.32 Å². The van der Waals surface area contributed by atoms with Crippen LogP contribution in [0.2, 0.25) is 0 Å². The fraction of sp³-hybridized carbons (Fsp3) is 0.316. The smallest absolute Gasteiger partial charge is 0.255 e. The number of anilines is 1. The molecule has 0 aliphatic carbocycles. The summed E-state index contributed by atoms with van der Waals surface area (Å²) in [5.74, 6) is -0.276. The molecule has 2 aromatic carbocycles. The summed E-state index contributed by atoms with van der Waals surface area (Å²) < 4.78 is 28.2. The first kappa shape index (κ1) is 19.1. The molecule has 2 aromatic rings. The summed E-state index contributed by atoms with van der Waals surface area (Å²) in [5.41, 5.74) is 0.975. The summed E-state index contributed by atoms with van der Waals surface area (Å²) in [5, 5.41) is 2.77. The van der Waals surface area contributed by atoms with Gasteiger partial charge in [-0.25, -0.2) is 8.42 Å². The highest BCUT2D eigenvalue weighted by atomic mass is 79.9. The second-order valence-corrected chi connectivity index (χ2v) is 9.16. The number of halogens is 1. The van der Waals surface area contributed by atoms with Crippen molar-refractivity contribution in [1.29, 1.82) is 0 Å². The van der Waals surface area contributed by atoms with Crippen LogP contribution in [-0.2, 0) is 10.0 Å². The van der Waals surface area contributed by atoms with E-state index in [9.17, 15) is 13.2 Å². The predicted octanol–water partition coefficient (Wildman–Crippen LogP) is 4.27. The van der Waals surface area contributed by atoms with Crippen molar-refractivity contribution in [3.63, 3.8) is 0 Å². The highest BCUT2D eigenvalue weighted by Gasteiger charge is 2.25. The van der Waals surface area contributed by atoms with E-state index >= 15 is 0 Å². The molecule has 0 unspecified atom stereocenters. The molecule has 1 fully saturated rings. The van der Waals surface area contributed by atoms with Crippen LogP contribution in [0.4, 0.5) is 5.69 Å². The molecule has 1 aliphatic heterocycles. The predicted molar refractivity (Wildman–Crippen MR) is 106 cm³/mol. The number of amides is 1. The first-order chi connectivity index (χ1) is 12.5. The maximum Gasteiger partial charge on any atom is 0.255 e. The van der Waals surface area contributed by atoms with Crippen molar-refractivity contribution in [1.82, 2.24) is 4.31 Å². The molecule has 1 heterocycles. The number of sulfonamides is 1. The normalized spacial score (nSPS) is 16.0. The number of rotatable bonds is 4. The van der Waals surface area contributed by atoms with Gasteiger partial charge in [-0.1, -0.05) is 34.8 Å². The number of hydrogen-bond acceptors (Lipinski definition) is 3. The summed E-state index contributed by atoms with van der Waals surface area (Å²) in [6.45, 7) is 1.11. The van der Waals surface area contributed by atoms with Crippen LogP contribution < -0.4 is 5.32 Å². The van der Waals surface area contributed by atoms with Crippen molar-refractivity contribution < 1.29 is 13.2 Å². The summed E-state index contributed by atoms with van der Waals surface area (Å²) in [4.78, 5) is 12.6. The van der Waals surface area contributed by atoms with Gasteiger partial charge in [0.15, 0.2) is 0 Å². The highest BCUT2D eigenvalue weighted by Crippen LogP contribution is 2.23. The van der Waals surface area contributed by atoms with E-state index in [0.717, 1.165) is 30.2 Å². The van der Waals surface area contributed by atoms with Crippen LogP contribution in [-0.4, -0.2) is 31.7 Å². The maximum atomic E-state index is 12.9. The van der Waals surface area contributed by atoms with Crippen LogP contribution in [0.5, 0.6) is 0 Å². The Morgan fingerprint density at radius 2 is 1.62 bits per heavy atom. The highest BCUT2D eigenvalue weighted by molar-refractivity contribution is 9.10. The van der Waals surface area contributed by atoms with Gasteiger partial charge >= 0.3 is 0 Å². The molecule has 0 bridgehead atoms. The van der Waals surface area contributed by atoms with Crippen molar-refractivity contribution in [3.05, 3.63) is 58.6 Å². The average Bonchev–Trinajstić information content (AvgIpc) is 2.92. The molecule has 1 amide bonds. The Morgan fingerprint density at radius 1 is 0.962 bits per heavy atom. The van der Waals surface area contributed by atoms with Gasteiger partial charge in [-0.3, -0.25) is 4.79 Å². The van der Waals surface area contributed by atoms with Crippen LogP contribution in [0.3, 0.4) is 0 Å². The van der Waals surface area contributed by atoms with Gasteiger partial charge in [0.2, 0.25) is 10.0 Å². The van der Waals surface area contributed by atoms with Crippen LogP contribution in [0.25, 0.3) is 0 Å². The molecule has 0 radical (unpaired) electrons. The minimum atomic E-state index is -3.54. The Balaban J connectivity index is 1.79. The minimum absolute atomic E-state index is 0.216. The second-order valence-electron chi connectivity index (χ2n) is 6.31. The third-order valence-electron chi connectivity index (χ3n) is 4.40. The third kappa shape index (κ3) is 4.52. The molecule has 138 valence electrons. The van der Waals surface area contributed by atoms with E-state index in [1.807, 2.05) is 0 Å². The van der Waals surface area contributed by atoms with Crippen molar-refractivity contribution in [2.45, 2.75) is 30.6 Å². The van der Waals surface area contributed by atoms with Crippen LogP contribution in [0.1, 0.15) is 36.0 Å². The zero-order valence-electron chi connectivity index (χ0n) is 14.3. The van der Waals surface area contributed by atoms with Gasteiger partial charge in [0, 0.05) is 28.8 Å². The Hall–Kier alpha value is -1.70. The lowest BCUT2D eigenvalue weighted by atomic mass is 10.2. The lowest BCUT2D eigenvalue weighted by molar-refractivity contribution is 0.102. The van der Waals surface area contributed by atoms with Crippen molar-refractivity contribution >= 4 is 37.5 Å². The van der Waals surface area contributed by atoms with E-state index in [1.54, 1.807) is 46.8 Å². The molecule has 5 nitrogen and oxygen atoms in total. The fourth-order valence-corrected chi connectivity index (χ4v) is 4.80. The number of carbonyl (C=O) groups is 1. The van der Waals surface area contributed by atoms with Gasteiger partial charge in [0.1, 0.15) is 0 Å². The molecule has 0 spiro atoms. The van der Waals surface area contributed by atoms with Crippen molar-refractivity contribution in [2.24, 2.45) is 0 Å². The van der Waals surface area contributed by atoms with Crippen molar-refractivity contribution in [3.8, 4) is 0 Å². The standard InChI is InChI=1S/C19H21BrN2O3S/c20-16-10-8-15(9-11-16)19(23)21-17-6-5-7-18(14-17)26(24,25)22-12-3-1-2-4-13-22/h5-11,14H,1-4,12-13H2,(H,21,23). The summed E-state index contributed by atoms with van der Waals surface area (Å²) in [6.07, 6.45) is 3.91. The van der Waals surface area contributed by atoms with E-state index in [4.69, 9.17) is 0 Å². The molecule has 3 rings (SSSR count). The first-order valence-corrected chi connectivity index (χ1v) is 10.9. The van der Waals surface area contributed by atoms with E-state index in [-0.39, 0.29) is 10.8 Å². The lowest BCUT2D eigenvalue weighted by Gasteiger charge is -2.20. The molecule has 1 N–H and O–H groups in total. The second kappa shape index (κ2) is 8.33. The SMILES string of the molecule is O=C(Nc1cccc(S(=O)(=O)N2CCCCCC2)c1)c1ccc(Br)cc1. The number of nitrogens with one attached hydrogen (secondary N) is 1. The van der Waals surface area contributed by atoms with Gasteiger partial charge in [-0.2, -0.15) is 4.31 Å². The van der Waals surface area contributed by atoms with Gasteiger partial charge in [-0.15, -0.1) is 0 Å². The molecule has 0 atom stereocenters. The largest absolute Gasteiger partial charge is 0.322 e. The Labute approximate surface area is 162 Å². The van der Waals surface area contributed by atoms with Crippen molar-refractivity contribution in [2.75, 3.05) is 18.4 Å². The zero-order chi connectivity index (χ0) is 18.6. The third-order valence-corrected chi connectivity index (χ3v) is 6.82. The maximum absolute atomic E-state index is 12.9. The molecular weight excluding hydrogens is 416 g/mol. The molecule has 1 aliphatic rings. The average molecular weight is 437 g/mol. The van der Waals surface area contributed by atoms with E-state index in [1.165, 1.54) is 6.07 Å². The number of hydrogen-bond donors (Lipinski definition) is 1. The van der Waals surface area contributed by atoms with E-state index < -0.39 is 10.0 Å². The monoisotopic (exact) mass is 436 g/mol. The van der Waals surface area contributed by atoms with Gasteiger partial charge in [0.25, 0.3) is 5.91 Å². The van der Waals surface area contributed by atoms with Gasteiger partial charge in [0.05, 0.1) is 4.90 Å². The zero-order valence-corrected chi connectivity index (χ0v) is 16.7. The Morgan fingerprint density at radius 3 is 2.27 bits per heavy atom. The van der Waals surface area contributed by atoms with Gasteiger partial charge in [-0.05, 0) is 55.3 Å². The topological polar surface area (TPSA) is 66.5 Å². The van der Waals surface area contributed by atoms with E-state index in [0.29, 0.717) is 24.3 Å². The Bertz CT molecular complexity index is 874. The molecule has 0 aromatic heterocycles. The first-order valence-electron chi connectivity index (χ1n) is 8.64. The Kier molecular flexibility index (Phi) is 6.11. The molecule has 7 heteroatoms. The number of nitrogens with zero attached hydrogens (tertiary/aromatic N) is 1. The van der Waals surface area contributed by atoms with Crippen LogP contribution in [0.15, 0.2) is 57.9 Å². The quantitative estimate of drug-likeness (QED) is 0.777. The molecule has 26 heavy (non-hydrogen) atoms. The lowest BCUT2D eigenvalue weighted by Crippen LogP contribution is -2.32. The minimum Gasteiger partial charge on any atom is -0.322 e. The molecular formula is C19H21BrN2O3S.